The van der Waals surface area contributed by atoms with E-state index in [1.807, 2.05) is 4.90 Å². The lowest BCUT2D eigenvalue weighted by Gasteiger charge is -2.41. The van der Waals surface area contributed by atoms with E-state index in [1.165, 1.54) is 6.42 Å². The molecule has 0 aromatic heterocycles. The minimum absolute atomic E-state index is 0.203. The van der Waals surface area contributed by atoms with Crippen LogP contribution in [0, 0.1) is 17.8 Å². The first-order chi connectivity index (χ1) is 11.6. The summed E-state index contributed by atoms with van der Waals surface area (Å²) in [6.45, 7) is 5.96. The normalized spacial score (nSPS) is 29.2. The van der Waals surface area contributed by atoms with Crippen LogP contribution in [0.4, 0.5) is 0 Å². The van der Waals surface area contributed by atoms with E-state index >= 15 is 0 Å². The maximum absolute atomic E-state index is 12.5. The predicted molar refractivity (Wildman–Crippen MR) is 89.6 cm³/mol. The Morgan fingerprint density at radius 3 is 2.42 bits per heavy atom. The lowest BCUT2D eigenvalue weighted by atomic mass is 9.79. The average molecular weight is 338 g/mol. The summed E-state index contributed by atoms with van der Waals surface area (Å²) in [5.74, 6) is 0.346. The number of carboxylic acid groups (broad SMARTS) is 1. The molecule has 0 aromatic rings. The van der Waals surface area contributed by atoms with Crippen LogP contribution in [0.5, 0.6) is 0 Å². The molecular formula is C18H30N2O4. The molecule has 2 heterocycles. The standard InChI is InChI=1S/C18H30N2O4/c21-17(22)12-15-5-7-20(18(23)14-2-1-3-14)13-16(15)4-6-19-8-10-24-11-9-19/h14-16H,1-13H2,(H,21,22). The Bertz CT molecular complexity index is 446. The minimum Gasteiger partial charge on any atom is -0.481 e. The highest BCUT2D eigenvalue weighted by atomic mass is 16.5. The molecule has 1 aliphatic carbocycles. The molecule has 2 unspecified atom stereocenters. The molecular weight excluding hydrogens is 308 g/mol. The quantitative estimate of drug-likeness (QED) is 0.794. The van der Waals surface area contributed by atoms with Gasteiger partial charge in [0.2, 0.25) is 5.91 Å². The molecule has 0 spiro atoms. The van der Waals surface area contributed by atoms with Crippen LogP contribution in [0.1, 0.15) is 38.5 Å². The molecule has 1 amide bonds. The van der Waals surface area contributed by atoms with Crippen LogP contribution in [0.3, 0.4) is 0 Å². The monoisotopic (exact) mass is 338 g/mol. The summed E-state index contributed by atoms with van der Waals surface area (Å²) < 4.78 is 5.39. The molecule has 3 aliphatic rings. The molecule has 2 atom stereocenters. The van der Waals surface area contributed by atoms with Crippen LogP contribution < -0.4 is 0 Å². The van der Waals surface area contributed by atoms with Gasteiger partial charge in [-0.05, 0) is 44.1 Å². The van der Waals surface area contributed by atoms with Gasteiger partial charge in [0.1, 0.15) is 0 Å². The number of amides is 1. The van der Waals surface area contributed by atoms with E-state index in [9.17, 15) is 14.7 Å². The predicted octanol–water partition coefficient (Wildman–Crippen LogP) is 1.45. The molecule has 24 heavy (non-hydrogen) atoms. The Morgan fingerprint density at radius 2 is 1.79 bits per heavy atom. The third-order valence-corrected chi connectivity index (χ3v) is 6.01. The summed E-state index contributed by atoms with van der Waals surface area (Å²) in [6.07, 6.45) is 5.29. The largest absolute Gasteiger partial charge is 0.481 e. The highest BCUT2D eigenvalue weighted by Gasteiger charge is 2.36. The van der Waals surface area contributed by atoms with Crippen LogP contribution in [0.2, 0.25) is 0 Å². The molecule has 6 heteroatoms. The van der Waals surface area contributed by atoms with Gasteiger partial charge in [0, 0.05) is 38.5 Å². The fraction of sp³-hybridized carbons (Fsp3) is 0.889. The number of nitrogens with zero attached hydrogens (tertiary/aromatic N) is 2. The fourth-order valence-corrected chi connectivity index (χ4v) is 4.19. The van der Waals surface area contributed by atoms with Gasteiger partial charge in [-0.1, -0.05) is 6.42 Å². The number of hydrogen-bond donors (Lipinski definition) is 1. The van der Waals surface area contributed by atoms with Crippen molar-refractivity contribution in [2.45, 2.75) is 38.5 Å². The number of carbonyl (C=O) groups is 2. The Morgan fingerprint density at radius 1 is 1.04 bits per heavy atom. The maximum Gasteiger partial charge on any atom is 0.303 e. The van der Waals surface area contributed by atoms with E-state index < -0.39 is 5.97 Å². The van der Waals surface area contributed by atoms with Gasteiger partial charge >= 0.3 is 5.97 Å². The number of ether oxygens (including phenoxy) is 1. The van der Waals surface area contributed by atoms with Crippen LogP contribution >= 0.6 is 0 Å². The van der Waals surface area contributed by atoms with Crippen LogP contribution in [0.25, 0.3) is 0 Å². The summed E-state index contributed by atoms with van der Waals surface area (Å²) in [7, 11) is 0. The molecule has 3 rings (SSSR count). The SMILES string of the molecule is O=C(O)CC1CCN(C(=O)C2CCC2)CC1CCN1CCOCC1. The van der Waals surface area contributed by atoms with Crippen molar-refractivity contribution in [3.8, 4) is 0 Å². The third-order valence-electron chi connectivity index (χ3n) is 6.01. The number of likely N-dealkylation sites (tertiary alicyclic amines) is 1. The van der Waals surface area contributed by atoms with Crippen LogP contribution in [0.15, 0.2) is 0 Å². The zero-order valence-electron chi connectivity index (χ0n) is 14.5. The van der Waals surface area contributed by atoms with E-state index in [1.54, 1.807) is 0 Å². The van der Waals surface area contributed by atoms with Crippen molar-refractivity contribution in [1.82, 2.24) is 9.80 Å². The number of rotatable bonds is 6. The van der Waals surface area contributed by atoms with Gasteiger partial charge in [-0.3, -0.25) is 14.5 Å². The van der Waals surface area contributed by atoms with E-state index in [-0.39, 0.29) is 18.3 Å². The van der Waals surface area contributed by atoms with Gasteiger partial charge in [0.05, 0.1) is 13.2 Å². The zero-order valence-corrected chi connectivity index (χ0v) is 14.5. The Balaban J connectivity index is 1.55. The number of aliphatic carboxylic acids is 1. The molecule has 3 fully saturated rings. The van der Waals surface area contributed by atoms with E-state index in [4.69, 9.17) is 4.74 Å². The van der Waals surface area contributed by atoms with Crippen molar-refractivity contribution in [2.75, 3.05) is 45.9 Å². The second-order valence-electron chi connectivity index (χ2n) is 7.56. The summed E-state index contributed by atoms with van der Waals surface area (Å²) in [5, 5.41) is 9.20. The second-order valence-corrected chi connectivity index (χ2v) is 7.56. The molecule has 136 valence electrons. The van der Waals surface area contributed by atoms with Crippen molar-refractivity contribution in [2.24, 2.45) is 17.8 Å². The summed E-state index contributed by atoms with van der Waals surface area (Å²) >= 11 is 0. The van der Waals surface area contributed by atoms with Gasteiger partial charge in [-0.25, -0.2) is 0 Å². The van der Waals surface area contributed by atoms with Crippen molar-refractivity contribution in [3.63, 3.8) is 0 Å². The third kappa shape index (κ3) is 4.48. The lowest BCUT2D eigenvalue weighted by molar-refractivity contribution is -0.142. The van der Waals surface area contributed by atoms with Gasteiger partial charge in [0.25, 0.3) is 0 Å². The van der Waals surface area contributed by atoms with Crippen LogP contribution in [-0.2, 0) is 14.3 Å². The smallest absolute Gasteiger partial charge is 0.303 e. The zero-order chi connectivity index (χ0) is 16.9. The number of carbonyl (C=O) groups excluding carboxylic acids is 1. The molecule has 2 aliphatic heterocycles. The Hall–Kier alpha value is -1.14. The van der Waals surface area contributed by atoms with Crippen molar-refractivity contribution < 1.29 is 19.4 Å². The van der Waals surface area contributed by atoms with Crippen molar-refractivity contribution in [3.05, 3.63) is 0 Å². The average Bonchev–Trinajstić information content (AvgIpc) is 2.52. The molecule has 0 aromatic carbocycles. The minimum atomic E-state index is -0.713. The molecule has 2 saturated heterocycles. The van der Waals surface area contributed by atoms with Gasteiger partial charge < -0.3 is 14.7 Å². The number of carboxylic acids is 1. The number of morpholine rings is 1. The Labute approximate surface area is 144 Å². The number of piperidine rings is 1. The molecule has 0 bridgehead atoms. The van der Waals surface area contributed by atoms with Gasteiger partial charge in [0.15, 0.2) is 0 Å². The highest BCUT2D eigenvalue weighted by molar-refractivity contribution is 5.79. The first-order valence-electron chi connectivity index (χ1n) is 9.44. The lowest BCUT2D eigenvalue weighted by Crippen LogP contribution is -2.48. The van der Waals surface area contributed by atoms with Crippen molar-refractivity contribution in [1.29, 1.82) is 0 Å². The van der Waals surface area contributed by atoms with Crippen molar-refractivity contribution >= 4 is 11.9 Å². The summed E-state index contributed by atoms with van der Waals surface area (Å²) in [4.78, 5) is 28.2. The second kappa shape index (κ2) is 8.30. The van der Waals surface area contributed by atoms with E-state index in [2.05, 4.69) is 4.90 Å². The molecule has 1 saturated carbocycles. The first kappa shape index (κ1) is 17.7. The maximum atomic E-state index is 12.5. The fourth-order valence-electron chi connectivity index (χ4n) is 4.19. The van der Waals surface area contributed by atoms with E-state index in [0.717, 1.165) is 71.6 Å². The molecule has 6 nitrogen and oxygen atoms in total. The molecule has 1 N–H and O–H groups in total. The van der Waals surface area contributed by atoms with E-state index in [0.29, 0.717) is 11.8 Å². The summed E-state index contributed by atoms with van der Waals surface area (Å²) in [5.41, 5.74) is 0. The first-order valence-corrected chi connectivity index (χ1v) is 9.44. The van der Waals surface area contributed by atoms with Crippen LogP contribution in [-0.4, -0.2) is 72.7 Å². The number of hydrogen-bond acceptors (Lipinski definition) is 4. The highest BCUT2D eigenvalue weighted by Crippen LogP contribution is 2.33. The topological polar surface area (TPSA) is 70.1 Å². The van der Waals surface area contributed by atoms with Gasteiger partial charge in [-0.2, -0.15) is 0 Å². The Kier molecular flexibility index (Phi) is 6.11. The van der Waals surface area contributed by atoms with Gasteiger partial charge in [-0.15, -0.1) is 0 Å². The molecule has 0 radical (unpaired) electrons. The summed E-state index contributed by atoms with van der Waals surface area (Å²) in [6, 6.07) is 0.